The van der Waals surface area contributed by atoms with Crippen molar-refractivity contribution in [1.82, 2.24) is 0 Å². The Labute approximate surface area is 116 Å². The fourth-order valence-electron chi connectivity index (χ4n) is 0.214. The second kappa shape index (κ2) is 7.35. The van der Waals surface area contributed by atoms with E-state index in [1.54, 1.807) is 6.07 Å². The predicted octanol–water partition coefficient (Wildman–Crippen LogP) is -1.41. The van der Waals surface area contributed by atoms with E-state index < -0.39 is 31.1 Å². The molecule has 0 aliphatic carbocycles. The van der Waals surface area contributed by atoms with Crippen molar-refractivity contribution in [3.63, 3.8) is 0 Å². The Bertz CT molecular complexity index is 473. The Balaban J connectivity index is -0.000000580. The summed E-state index contributed by atoms with van der Waals surface area (Å²) in [6, 6.07) is 1.75. The van der Waals surface area contributed by atoms with Crippen LogP contribution in [0.4, 0.5) is 26.3 Å². The van der Waals surface area contributed by atoms with E-state index in [9.17, 15) is 43.2 Å². The first-order valence-electron chi connectivity index (χ1n) is 3.30. The number of alkyl halides is 6. The van der Waals surface area contributed by atoms with Gasteiger partial charge in [-0.1, -0.05) is 0 Å². The van der Waals surface area contributed by atoms with E-state index in [4.69, 9.17) is 5.26 Å². The molecule has 0 unspecified atom stereocenters. The van der Waals surface area contributed by atoms with Gasteiger partial charge in [0, 0.05) is 6.92 Å². The van der Waals surface area contributed by atoms with Crippen LogP contribution in [0, 0.1) is 11.3 Å². The van der Waals surface area contributed by atoms with Gasteiger partial charge in [-0.2, -0.15) is 31.6 Å². The Hall–Kier alpha value is -0.473. The Morgan fingerprint density at radius 2 is 1.05 bits per heavy atom. The average Bonchev–Trinajstić information content (AvgIpc) is 1.98. The van der Waals surface area contributed by atoms with E-state index in [1.807, 2.05) is 0 Å². The van der Waals surface area contributed by atoms with Gasteiger partial charge in [0.05, 0.1) is 6.07 Å². The van der Waals surface area contributed by atoms with Gasteiger partial charge in [-0.05, 0) is 0 Å². The van der Waals surface area contributed by atoms with Crippen molar-refractivity contribution < 1.29 is 62.0 Å². The number of rotatable bonds is 2. The molecule has 0 aliphatic heterocycles. The third-order valence-corrected chi connectivity index (χ3v) is 3.52. The van der Waals surface area contributed by atoms with Gasteiger partial charge in [-0.15, -0.1) is 0 Å². The summed E-state index contributed by atoms with van der Waals surface area (Å²) < 4.78 is 109. The van der Waals surface area contributed by atoms with Crippen LogP contribution >= 0.6 is 0 Å². The topological polar surface area (TPSA) is 106 Å². The molecule has 6 nitrogen and oxygen atoms in total. The molecule has 0 aromatic heterocycles. The quantitative estimate of drug-likeness (QED) is 0.457. The third kappa shape index (κ3) is 7.63. The van der Waals surface area contributed by atoms with Gasteiger partial charge in [-0.3, -0.25) is 0 Å². The molecule has 0 radical (unpaired) electrons. The van der Waals surface area contributed by atoms with Crippen LogP contribution in [0.1, 0.15) is 6.92 Å². The van der Waals surface area contributed by atoms with Crippen LogP contribution in [-0.2, 0) is 20.0 Å². The maximum absolute atomic E-state index is 11.4. The molecule has 0 N–H and O–H groups in total. The van der Waals surface area contributed by atoms with Crippen molar-refractivity contribution in [3.05, 3.63) is 4.13 Å². The van der Waals surface area contributed by atoms with Crippen LogP contribution in [0.2, 0.25) is 0 Å². The predicted molar refractivity (Wildman–Crippen MR) is 44.6 cm³/mol. The summed E-state index contributed by atoms with van der Waals surface area (Å²) in [5.74, 6) is 0. The van der Waals surface area contributed by atoms with Crippen LogP contribution < -0.4 is 18.9 Å². The Morgan fingerprint density at radius 3 is 1.16 bits per heavy atom. The van der Waals surface area contributed by atoms with Gasteiger partial charge in [0.25, 0.3) is 0 Å². The van der Waals surface area contributed by atoms with Gasteiger partial charge in [0.2, 0.25) is 0 Å². The monoisotopic (exact) mass is 328 g/mol. The molecule has 0 atom stereocenters. The fourth-order valence-corrected chi connectivity index (χ4v) is 1.92. The molecule has 0 heterocycles. The number of nitrogens with zero attached hydrogens (tertiary/aromatic N) is 2. The standard InChI is InChI=1S/C2F6NO4S2.C2H3N.Li/c3-1(4,5)14(10,11)9-15(12,13)2(6,7)8;1-2-3;/h;1H3;/q-1;;+1. The SMILES string of the molecule is CC#N.O=S(=O)([N-]S(=O)(=O)C(F)(F)F)C(F)(F)F.[Li+]. The van der Waals surface area contributed by atoms with E-state index in [2.05, 4.69) is 0 Å². The van der Waals surface area contributed by atoms with Crippen molar-refractivity contribution in [2.24, 2.45) is 0 Å². The third-order valence-electron chi connectivity index (χ3n) is 0.781. The Morgan fingerprint density at radius 1 is 0.895 bits per heavy atom. The second-order valence-corrected chi connectivity index (χ2v) is 5.56. The van der Waals surface area contributed by atoms with Crippen molar-refractivity contribution in [2.45, 2.75) is 17.9 Å². The van der Waals surface area contributed by atoms with Crippen LogP contribution in [0.3, 0.4) is 0 Å². The number of hydrogen-bond donors (Lipinski definition) is 0. The molecule has 0 bridgehead atoms. The molecule has 19 heavy (non-hydrogen) atoms. The minimum absolute atomic E-state index is 0. The summed E-state index contributed by atoms with van der Waals surface area (Å²) in [4.78, 5) is 0. The smallest absolute Gasteiger partial charge is 0.421 e. The number of sulfonamides is 2. The molecule has 0 amide bonds. The van der Waals surface area contributed by atoms with Crippen molar-refractivity contribution in [3.8, 4) is 6.07 Å². The van der Waals surface area contributed by atoms with Gasteiger partial charge in [0.15, 0.2) is 20.0 Å². The molecule has 0 fully saturated rings. The molecule has 0 spiro atoms. The van der Waals surface area contributed by atoms with Gasteiger partial charge >= 0.3 is 29.9 Å². The number of halogens is 6. The molecule has 0 aromatic rings. The molecule has 0 aliphatic rings. The normalized spacial score (nSPS) is 12.5. The average molecular weight is 328 g/mol. The van der Waals surface area contributed by atoms with E-state index in [1.165, 1.54) is 6.92 Å². The summed E-state index contributed by atoms with van der Waals surface area (Å²) in [6.07, 6.45) is 0. The zero-order chi connectivity index (χ0) is 15.4. The number of nitriles is 1. The van der Waals surface area contributed by atoms with Crippen LogP contribution in [0.25, 0.3) is 4.13 Å². The summed E-state index contributed by atoms with van der Waals surface area (Å²) in [7, 11) is -13.4. The molecule has 0 saturated carbocycles. The molecular weight excluding hydrogens is 325 g/mol. The summed E-state index contributed by atoms with van der Waals surface area (Å²) in [5.41, 5.74) is -12.4. The van der Waals surface area contributed by atoms with Gasteiger partial charge in [0.1, 0.15) is 0 Å². The van der Waals surface area contributed by atoms with E-state index >= 15 is 0 Å². The maximum atomic E-state index is 11.4. The first-order chi connectivity index (χ1) is 7.62. The summed E-state index contributed by atoms with van der Waals surface area (Å²) >= 11 is 0. The van der Waals surface area contributed by atoms with Crippen LogP contribution in [-0.4, -0.2) is 27.9 Å². The molecule has 15 heteroatoms. The summed E-state index contributed by atoms with van der Waals surface area (Å²) in [5, 5.41) is 7.32. The Kier molecular flexibility index (Phi) is 9.13. The largest absolute Gasteiger partial charge is 1.00 e. The van der Waals surface area contributed by atoms with Crippen LogP contribution in [0.15, 0.2) is 0 Å². The van der Waals surface area contributed by atoms with Crippen molar-refractivity contribution >= 4 is 20.0 Å². The van der Waals surface area contributed by atoms with Crippen molar-refractivity contribution in [2.75, 3.05) is 0 Å². The van der Waals surface area contributed by atoms with Crippen LogP contribution in [0.5, 0.6) is 0 Å². The molecule has 0 aromatic carbocycles. The minimum Gasteiger partial charge on any atom is -0.421 e. The molecule has 0 rings (SSSR count). The minimum atomic E-state index is -6.72. The first-order valence-corrected chi connectivity index (χ1v) is 6.18. The van der Waals surface area contributed by atoms with Gasteiger partial charge in [-0.25, -0.2) is 16.8 Å². The van der Waals surface area contributed by atoms with Crippen molar-refractivity contribution in [1.29, 1.82) is 5.26 Å². The fraction of sp³-hybridized carbons (Fsp3) is 0.750. The zero-order valence-corrected chi connectivity index (χ0v) is 10.7. The molecule has 0 saturated heterocycles. The second-order valence-electron chi connectivity index (χ2n) is 2.14. The molecule has 108 valence electrons. The maximum Gasteiger partial charge on any atom is 1.00 e. The summed E-state index contributed by atoms with van der Waals surface area (Å²) in [6.45, 7) is 1.43. The van der Waals surface area contributed by atoms with Gasteiger partial charge < -0.3 is 4.13 Å². The van der Waals surface area contributed by atoms with E-state index in [0.29, 0.717) is 0 Å². The van der Waals surface area contributed by atoms with E-state index in [-0.39, 0.29) is 18.9 Å². The molecular formula is C4H3F6LiN2O4S2. The first kappa shape index (κ1) is 23.6. The van der Waals surface area contributed by atoms with E-state index in [0.717, 1.165) is 4.13 Å². The zero-order valence-electron chi connectivity index (χ0n) is 9.11. The number of hydrogen-bond acceptors (Lipinski definition) is 5.